The van der Waals surface area contributed by atoms with Crippen LogP contribution in [0, 0.1) is 12.8 Å². The Morgan fingerprint density at radius 3 is 2.83 bits per heavy atom. The number of β-amino-alcohol motifs (C(OH)–C–C–N with tert-alkyl or cyclic N) is 1. The molecule has 1 aromatic rings. The summed E-state index contributed by atoms with van der Waals surface area (Å²) in [5.41, 5.74) is 1.93. The number of aryl methyl sites for hydroxylation is 1. The smallest absolute Gasteiger partial charge is 0.244 e. The number of carbonyl (C=O) groups is 1. The Kier molecular flexibility index (Phi) is 6.36. The highest BCUT2D eigenvalue weighted by Gasteiger charge is 2.18. The Morgan fingerprint density at radius 1 is 1.52 bits per heavy atom. The summed E-state index contributed by atoms with van der Waals surface area (Å²) in [5, 5.41) is 16.9. The monoisotopic (exact) mass is 320 g/mol. The normalized spacial score (nSPS) is 18.4. The molecule has 1 saturated heterocycles. The number of hydrogen-bond donors (Lipinski definition) is 2. The lowest BCUT2D eigenvalue weighted by Crippen LogP contribution is -2.42. The molecular formula is C17H28N4O2. The first-order valence-electron chi connectivity index (χ1n) is 8.30. The van der Waals surface area contributed by atoms with Crippen molar-refractivity contribution in [3.63, 3.8) is 0 Å². The molecule has 2 heterocycles. The van der Waals surface area contributed by atoms with Crippen molar-refractivity contribution in [3.8, 4) is 0 Å². The van der Waals surface area contributed by atoms with Crippen LogP contribution in [0.2, 0.25) is 0 Å². The number of nitrogens with one attached hydrogen (secondary N) is 1. The fourth-order valence-corrected chi connectivity index (χ4v) is 2.73. The van der Waals surface area contributed by atoms with Crippen LogP contribution in [0.3, 0.4) is 0 Å². The second-order valence-corrected chi connectivity index (χ2v) is 6.52. The van der Waals surface area contributed by atoms with Gasteiger partial charge >= 0.3 is 0 Å². The van der Waals surface area contributed by atoms with Crippen LogP contribution in [0.1, 0.15) is 31.0 Å². The molecule has 6 nitrogen and oxygen atoms in total. The Morgan fingerprint density at radius 2 is 2.22 bits per heavy atom. The molecule has 1 aromatic heterocycles. The topological polar surface area (TPSA) is 70.4 Å². The largest absolute Gasteiger partial charge is 0.390 e. The maximum atomic E-state index is 11.8. The zero-order valence-electron chi connectivity index (χ0n) is 14.3. The van der Waals surface area contributed by atoms with Gasteiger partial charge in [-0.15, -0.1) is 0 Å². The highest BCUT2D eigenvalue weighted by atomic mass is 16.3. The van der Waals surface area contributed by atoms with E-state index in [9.17, 15) is 9.90 Å². The molecule has 1 aliphatic rings. The number of carbonyl (C=O) groups excluding carboxylic acids is 1. The van der Waals surface area contributed by atoms with E-state index in [-0.39, 0.29) is 12.5 Å². The third-order valence-corrected chi connectivity index (χ3v) is 4.54. The number of rotatable bonds is 6. The molecule has 0 radical (unpaired) electrons. The first-order chi connectivity index (χ1) is 11.0. The van der Waals surface area contributed by atoms with Crippen molar-refractivity contribution in [2.24, 2.45) is 13.0 Å². The molecule has 1 atom stereocenters. The van der Waals surface area contributed by atoms with Crippen LogP contribution in [0.5, 0.6) is 0 Å². The lowest BCUT2D eigenvalue weighted by Gasteiger charge is -2.31. The molecule has 2 rings (SSSR count). The summed E-state index contributed by atoms with van der Waals surface area (Å²) in [5.74, 6) is 0.587. The minimum atomic E-state index is -0.527. The van der Waals surface area contributed by atoms with E-state index < -0.39 is 6.10 Å². The highest BCUT2D eigenvalue weighted by molar-refractivity contribution is 5.91. The second kappa shape index (κ2) is 8.26. The molecule has 1 amide bonds. The van der Waals surface area contributed by atoms with Gasteiger partial charge in [0.15, 0.2) is 0 Å². The number of aromatic nitrogens is 2. The van der Waals surface area contributed by atoms with Gasteiger partial charge in [0.25, 0.3) is 0 Å². The van der Waals surface area contributed by atoms with Gasteiger partial charge in [0.05, 0.1) is 12.3 Å². The number of hydrogen-bond acceptors (Lipinski definition) is 4. The predicted molar refractivity (Wildman–Crippen MR) is 90.8 cm³/mol. The summed E-state index contributed by atoms with van der Waals surface area (Å²) in [4.78, 5) is 14.1. The Hall–Kier alpha value is -1.66. The molecule has 1 fully saturated rings. The van der Waals surface area contributed by atoms with E-state index in [4.69, 9.17) is 0 Å². The minimum absolute atomic E-state index is 0.195. The molecule has 1 aliphatic heterocycles. The lowest BCUT2D eigenvalue weighted by molar-refractivity contribution is -0.116. The number of piperidine rings is 1. The summed E-state index contributed by atoms with van der Waals surface area (Å²) in [6.45, 7) is 7.19. The van der Waals surface area contributed by atoms with Gasteiger partial charge in [-0.1, -0.05) is 6.92 Å². The standard InChI is InChI=1S/C17H28N4O2/c1-13-6-8-21(9-7-13)12-16(22)11-18-17(23)5-4-15-10-19-20(3)14(15)2/h4-5,10,13,16,22H,6-9,11-12H2,1-3H3,(H,18,23)/b5-4+. The molecule has 0 aromatic carbocycles. The van der Waals surface area contributed by atoms with E-state index in [1.165, 1.54) is 18.9 Å². The van der Waals surface area contributed by atoms with Crippen molar-refractivity contribution in [3.05, 3.63) is 23.5 Å². The zero-order chi connectivity index (χ0) is 16.8. The maximum Gasteiger partial charge on any atom is 0.244 e. The summed E-state index contributed by atoms with van der Waals surface area (Å²) < 4.78 is 1.76. The van der Waals surface area contributed by atoms with Crippen molar-refractivity contribution in [2.75, 3.05) is 26.2 Å². The fraction of sp³-hybridized carbons (Fsp3) is 0.647. The summed E-state index contributed by atoms with van der Waals surface area (Å²) >= 11 is 0. The van der Waals surface area contributed by atoms with Crippen LogP contribution in [-0.2, 0) is 11.8 Å². The van der Waals surface area contributed by atoms with E-state index in [1.807, 2.05) is 14.0 Å². The van der Waals surface area contributed by atoms with Crippen LogP contribution in [0.4, 0.5) is 0 Å². The van der Waals surface area contributed by atoms with Crippen LogP contribution in [-0.4, -0.2) is 58.0 Å². The van der Waals surface area contributed by atoms with Crippen molar-refractivity contribution < 1.29 is 9.90 Å². The lowest BCUT2D eigenvalue weighted by atomic mass is 9.99. The molecule has 128 valence electrons. The Bertz CT molecular complexity index is 545. The molecule has 0 aliphatic carbocycles. The van der Waals surface area contributed by atoms with E-state index in [1.54, 1.807) is 17.0 Å². The molecule has 0 spiro atoms. The minimum Gasteiger partial charge on any atom is -0.390 e. The van der Waals surface area contributed by atoms with Crippen molar-refractivity contribution >= 4 is 12.0 Å². The number of nitrogens with zero attached hydrogens (tertiary/aromatic N) is 3. The van der Waals surface area contributed by atoms with Crippen LogP contribution in [0.25, 0.3) is 6.08 Å². The molecule has 0 saturated carbocycles. The first-order valence-corrected chi connectivity index (χ1v) is 8.30. The number of amides is 1. The second-order valence-electron chi connectivity index (χ2n) is 6.52. The van der Waals surface area contributed by atoms with Crippen molar-refractivity contribution in [2.45, 2.75) is 32.8 Å². The molecule has 1 unspecified atom stereocenters. The van der Waals surface area contributed by atoms with Gasteiger partial charge in [-0.3, -0.25) is 9.48 Å². The predicted octanol–water partition coefficient (Wildman–Crippen LogP) is 0.951. The average molecular weight is 320 g/mol. The quantitative estimate of drug-likeness (QED) is 0.766. The molecule has 6 heteroatoms. The van der Waals surface area contributed by atoms with Crippen LogP contribution in [0.15, 0.2) is 12.3 Å². The SMILES string of the molecule is Cc1c(/C=C/C(=O)NCC(O)CN2CCC(C)CC2)cnn1C. The molecule has 0 bridgehead atoms. The summed E-state index contributed by atoms with van der Waals surface area (Å²) in [6.07, 6.45) is 6.81. The van der Waals surface area contributed by atoms with E-state index in [0.717, 1.165) is 30.3 Å². The van der Waals surface area contributed by atoms with Gasteiger partial charge in [-0.05, 0) is 44.8 Å². The summed E-state index contributed by atoms with van der Waals surface area (Å²) in [6, 6.07) is 0. The third kappa shape index (κ3) is 5.48. The van der Waals surface area contributed by atoms with E-state index in [2.05, 4.69) is 22.2 Å². The first kappa shape index (κ1) is 17.7. The summed E-state index contributed by atoms with van der Waals surface area (Å²) in [7, 11) is 1.87. The fourth-order valence-electron chi connectivity index (χ4n) is 2.73. The van der Waals surface area contributed by atoms with Crippen LogP contribution < -0.4 is 5.32 Å². The van der Waals surface area contributed by atoms with E-state index >= 15 is 0 Å². The third-order valence-electron chi connectivity index (χ3n) is 4.54. The van der Waals surface area contributed by atoms with Gasteiger partial charge < -0.3 is 15.3 Å². The Labute approximate surface area is 138 Å². The Balaban J connectivity index is 1.70. The maximum absolute atomic E-state index is 11.8. The molecular weight excluding hydrogens is 292 g/mol. The molecule has 23 heavy (non-hydrogen) atoms. The average Bonchev–Trinajstić information content (AvgIpc) is 2.85. The van der Waals surface area contributed by atoms with Crippen molar-refractivity contribution in [1.82, 2.24) is 20.0 Å². The van der Waals surface area contributed by atoms with Gasteiger partial charge in [-0.25, -0.2) is 0 Å². The van der Waals surface area contributed by atoms with Gasteiger partial charge in [0.2, 0.25) is 5.91 Å². The number of aliphatic hydroxyl groups is 1. The van der Waals surface area contributed by atoms with Gasteiger partial charge in [0, 0.05) is 37.5 Å². The van der Waals surface area contributed by atoms with Gasteiger partial charge in [0.1, 0.15) is 0 Å². The number of aliphatic hydroxyl groups excluding tert-OH is 1. The van der Waals surface area contributed by atoms with E-state index in [0.29, 0.717) is 6.54 Å². The zero-order valence-corrected chi connectivity index (χ0v) is 14.3. The highest BCUT2D eigenvalue weighted by Crippen LogP contribution is 2.15. The molecule has 2 N–H and O–H groups in total. The number of likely N-dealkylation sites (tertiary alicyclic amines) is 1. The van der Waals surface area contributed by atoms with Gasteiger partial charge in [-0.2, -0.15) is 5.10 Å². The van der Waals surface area contributed by atoms with Crippen molar-refractivity contribution in [1.29, 1.82) is 0 Å². The van der Waals surface area contributed by atoms with Crippen LogP contribution >= 0.6 is 0 Å².